The summed E-state index contributed by atoms with van der Waals surface area (Å²) >= 11 is 0. The molecule has 2 aromatic rings. The number of nitrogens with one attached hydrogen (secondary N) is 1. The molecule has 0 amide bonds. The number of fused-ring (bicyclic) bond motifs is 1. The molecule has 3 rings (SSSR count). The molecule has 0 saturated carbocycles. The Labute approximate surface area is 130 Å². The Hall–Kier alpha value is -2.08. The van der Waals surface area contributed by atoms with Crippen LogP contribution in [0.15, 0.2) is 18.3 Å². The highest BCUT2D eigenvalue weighted by Crippen LogP contribution is 2.36. The molecular weight excluding hydrogens is 280 g/mol. The van der Waals surface area contributed by atoms with Crippen molar-refractivity contribution in [2.75, 3.05) is 6.61 Å². The highest BCUT2D eigenvalue weighted by Gasteiger charge is 2.23. The molecule has 0 bridgehead atoms. The number of hydrogen-bond acceptors (Lipinski definition) is 5. The Morgan fingerprint density at radius 3 is 3.00 bits per heavy atom. The van der Waals surface area contributed by atoms with Crippen molar-refractivity contribution in [2.45, 2.75) is 39.5 Å². The number of benzene rings is 1. The summed E-state index contributed by atoms with van der Waals surface area (Å²) in [6.45, 7) is 6.15. The van der Waals surface area contributed by atoms with Gasteiger partial charge in [-0.15, -0.1) is 0 Å². The van der Waals surface area contributed by atoms with Crippen molar-refractivity contribution < 1.29 is 9.47 Å². The van der Waals surface area contributed by atoms with Crippen molar-refractivity contribution >= 4 is 0 Å². The van der Waals surface area contributed by atoms with E-state index in [0.29, 0.717) is 19.7 Å². The van der Waals surface area contributed by atoms with Gasteiger partial charge >= 0.3 is 0 Å². The Morgan fingerprint density at radius 2 is 2.27 bits per heavy atom. The van der Waals surface area contributed by atoms with E-state index >= 15 is 0 Å². The molecule has 1 N–H and O–H groups in total. The second-order valence-corrected chi connectivity index (χ2v) is 5.57. The van der Waals surface area contributed by atoms with Crippen LogP contribution in [0.1, 0.15) is 30.7 Å². The average molecular weight is 302 g/mol. The summed E-state index contributed by atoms with van der Waals surface area (Å²) in [6, 6.07) is 4.15. The number of aromatic nitrogens is 3. The number of rotatable bonds is 6. The molecule has 0 spiro atoms. The van der Waals surface area contributed by atoms with E-state index in [1.165, 1.54) is 5.56 Å². The van der Waals surface area contributed by atoms with Crippen LogP contribution in [0.3, 0.4) is 0 Å². The summed E-state index contributed by atoms with van der Waals surface area (Å²) in [4.78, 5) is 1.56. The molecule has 22 heavy (non-hydrogen) atoms. The zero-order chi connectivity index (χ0) is 15.5. The van der Waals surface area contributed by atoms with E-state index in [9.17, 15) is 0 Å². The van der Waals surface area contributed by atoms with E-state index in [0.717, 1.165) is 29.2 Å². The fourth-order valence-electron chi connectivity index (χ4n) is 2.75. The van der Waals surface area contributed by atoms with Gasteiger partial charge in [0.1, 0.15) is 17.6 Å². The smallest absolute Gasteiger partial charge is 0.127 e. The third-order valence-electron chi connectivity index (χ3n) is 3.62. The summed E-state index contributed by atoms with van der Waals surface area (Å²) in [6.07, 6.45) is 2.94. The lowest BCUT2D eigenvalue weighted by Gasteiger charge is -2.12. The average Bonchev–Trinajstić information content (AvgIpc) is 3.04. The Kier molecular flexibility index (Phi) is 4.29. The normalized spacial score (nSPS) is 16.4. The van der Waals surface area contributed by atoms with Crippen molar-refractivity contribution in [1.29, 1.82) is 0 Å². The van der Waals surface area contributed by atoms with Crippen molar-refractivity contribution in [2.24, 2.45) is 7.05 Å². The van der Waals surface area contributed by atoms with Crippen LogP contribution in [0, 0.1) is 0 Å². The van der Waals surface area contributed by atoms with Gasteiger partial charge in [0.25, 0.3) is 0 Å². The van der Waals surface area contributed by atoms with Crippen LogP contribution in [0.5, 0.6) is 11.5 Å². The van der Waals surface area contributed by atoms with E-state index in [-0.39, 0.29) is 6.10 Å². The predicted molar refractivity (Wildman–Crippen MR) is 83.0 cm³/mol. The topological polar surface area (TPSA) is 61.2 Å². The maximum Gasteiger partial charge on any atom is 0.127 e. The van der Waals surface area contributed by atoms with Crippen molar-refractivity contribution in [3.63, 3.8) is 0 Å². The maximum atomic E-state index is 5.95. The van der Waals surface area contributed by atoms with E-state index in [4.69, 9.17) is 9.47 Å². The van der Waals surface area contributed by atoms with Gasteiger partial charge in [-0.3, -0.25) is 0 Å². The molecule has 1 aromatic carbocycles. The van der Waals surface area contributed by atoms with Gasteiger partial charge in [-0.1, -0.05) is 0 Å². The van der Waals surface area contributed by atoms with Gasteiger partial charge in [0.2, 0.25) is 0 Å². The summed E-state index contributed by atoms with van der Waals surface area (Å²) in [5.74, 6) is 1.91. The molecule has 1 aliphatic heterocycles. The van der Waals surface area contributed by atoms with Gasteiger partial charge in [0.05, 0.1) is 18.5 Å². The number of aryl methyl sites for hydroxylation is 1. The van der Waals surface area contributed by atoms with Crippen LogP contribution >= 0.6 is 0 Å². The van der Waals surface area contributed by atoms with Crippen LogP contribution in [-0.2, 0) is 26.6 Å². The summed E-state index contributed by atoms with van der Waals surface area (Å²) < 4.78 is 11.6. The lowest BCUT2D eigenvalue weighted by molar-refractivity contribution is 0.252. The monoisotopic (exact) mass is 302 g/mol. The van der Waals surface area contributed by atoms with Gasteiger partial charge in [0.15, 0.2) is 0 Å². The summed E-state index contributed by atoms with van der Waals surface area (Å²) in [5, 5.41) is 11.7. The lowest BCUT2D eigenvalue weighted by atomic mass is 10.1. The molecule has 6 heteroatoms. The fraction of sp³-hybridized carbons (Fsp3) is 0.500. The quantitative estimate of drug-likeness (QED) is 0.882. The standard InChI is InChI=1S/C16H22N4O2/c1-4-21-15-6-12-5-11(2)22-16(12)13(7-15)8-17-9-14-10-18-20(3)19-14/h6-7,10-11,17H,4-5,8-9H2,1-3H3. The molecule has 2 heterocycles. The molecule has 0 fully saturated rings. The first kappa shape index (κ1) is 14.8. The largest absolute Gasteiger partial charge is 0.494 e. The minimum atomic E-state index is 0.227. The van der Waals surface area contributed by atoms with Gasteiger partial charge < -0.3 is 14.8 Å². The van der Waals surface area contributed by atoms with E-state index in [1.54, 1.807) is 11.0 Å². The summed E-state index contributed by atoms with van der Waals surface area (Å²) in [5.41, 5.74) is 3.29. The van der Waals surface area contributed by atoms with E-state index in [2.05, 4.69) is 34.6 Å². The number of nitrogens with zero attached hydrogens (tertiary/aromatic N) is 3. The van der Waals surface area contributed by atoms with Crippen LogP contribution in [0.4, 0.5) is 0 Å². The van der Waals surface area contributed by atoms with Gasteiger partial charge in [0, 0.05) is 37.7 Å². The van der Waals surface area contributed by atoms with Crippen molar-refractivity contribution in [3.8, 4) is 11.5 Å². The zero-order valence-electron chi connectivity index (χ0n) is 13.3. The molecule has 0 aliphatic carbocycles. The first-order chi connectivity index (χ1) is 10.7. The third-order valence-corrected chi connectivity index (χ3v) is 3.62. The van der Waals surface area contributed by atoms with Gasteiger partial charge in [-0.25, -0.2) is 0 Å². The third kappa shape index (κ3) is 3.22. The highest BCUT2D eigenvalue weighted by atomic mass is 16.5. The van der Waals surface area contributed by atoms with Crippen molar-refractivity contribution in [3.05, 3.63) is 35.2 Å². The lowest BCUT2D eigenvalue weighted by Crippen LogP contribution is -2.14. The molecular formula is C16H22N4O2. The van der Waals surface area contributed by atoms with Crippen molar-refractivity contribution in [1.82, 2.24) is 20.3 Å². The van der Waals surface area contributed by atoms with Crippen LogP contribution < -0.4 is 14.8 Å². The number of ether oxygens (including phenoxy) is 2. The Bertz CT molecular complexity index is 654. The predicted octanol–water partition coefficient (Wildman–Crippen LogP) is 1.83. The Morgan fingerprint density at radius 1 is 1.41 bits per heavy atom. The second-order valence-electron chi connectivity index (χ2n) is 5.57. The minimum Gasteiger partial charge on any atom is -0.494 e. The fourth-order valence-corrected chi connectivity index (χ4v) is 2.75. The first-order valence-electron chi connectivity index (χ1n) is 7.67. The molecule has 1 unspecified atom stereocenters. The van der Waals surface area contributed by atoms with Gasteiger partial charge in [-0.2, -0.15) is 15.0 Å². The maximum absolute atomic E-state index is 5.95. The number of hydrogen-bond donors (Lipinski definition) is 1. The Balaban J connectivity index is 1.71. The second kappa shape index (κ2) is 6.36. The zero-order valence-corrected chi connectivity index (χ0v) is 13.3. The van der Waals surface area contributed by atoms with Gasteiger partial charge in [-0.05, 0) is 26.0 Å². The molecule has 0 radical (unpaired) electrons. The molecule has 118 valence electrons. The first-order valence-corrected chi connectivity index (χ1v) is 7.67. The molecule has 1 atom stereocenters. The van der Waals surface area contributed by atoms with Crippen LogP contribution in [0.2, 0.25) is 0 Å². The minimum absolute atomic E-state index is 0.227. The SMILES string of the molecule is CCOc1cc(CNCc2cnn(C)n2)c2c(c1)CC(C)O2. The van der Waals surface area contributed by atoms with E-state index < -0.39 is 0 Å². The van der Waals surface area contributed by atoms with Crippen LogP contribution in [0.25, 0.3) is 0 Å². The molecule has 0 saturated heterocycles. The highest BCUT2D eigenvalue weighted by molar-refractivity contribution is 5.49. The van der Waals surface area contributed by atoms with E-state index in [1.807, 2.05) is 14.0 Å². The molecule has 6 nitrogen and oxygen atoms in total. The molecule has 1 aromatic heterocycles. The van der Waals surface area contributed by atoms with Crippen LogP contribution in [-0.4, -0.2) is 27.7 Å². The molecule has 1 aliphatic rings. The summed E-state index contributed by atoms with van der Waals surface area (Å²) in [7, 11) is 1.82.